The topological polar surface area (TPSA) is 51.2 Å². The zero-order chi connectivity index (χ0) is 26.3. The van der Waals surface area contributed by atoms with E-state index < -0.39 is 59.0 Å². The smallest absolute Gasteiger partial charge is 0.288 e. The Morgan fingerprint density at radius 2 is 1.20 bits per heavy atom. The zero-order valence-corrected chi connectivity index (χ0v) is 19.9. The van der Waals surface area contributed by atoms with Crippen LogP contribution in [0.4, 0.5) is 26.3 Å². The lowest BCUT2D eigenvalue weighted by atomic mass is 10.0. The Balaban J connectivity index is 2.19. The van der Waals surface area contributed by atoms with Crippen LogP contribution in [0, 0.1) is 0 Å². The summed E-state index contributed by atoms with van der Waals surface area (Å²) in [6, 6.07) is 7.93. The molecule has 0 N–H and O–H groups in total. The van der Waals surface area contributed by atoms with Crippen molar-refractivity contribution in [2.75, 3.05) is 0 Å². The maximum Gasteiger partial charge on any atom is 0.459 e. The number of benzene rings is 3. The highest BCUT2D eigenvalue weighted by atomic mass is 35.5. The van der Waals surface area contributed by atoms with E-state index >= 15 is 0 Å². The molecular weight excluding hydrogens is 564 g/mol. The van der Waals surface area contributed by atoms with Crippen molar-refractivity contribution in [2.24, 2.45) is 0 Å². The van der Waals surface area contributed by atoms with Crippen LogP contribution in [0.5, 0.6) is 0 Å². The summed E-state index contributed by atoms with van der Waals surface area (Å²) in [7, 11) is -3.63. The molecule has 35 heavy (non-hydrogen) atoms. The largest absolute Gasteiger partial charge is 0.459 e. The van der Waals surface area contributed by atoms with Crippen LogP contribution in [-0.4, -0.2) is 11.3 Å². The van der Waals surface area contributed by atoms with Gasteiger partial charge in [-0.05, 0) is 36.4 Å². The Morgan fingerprint density at radius 1 is 0.714 bits per heavy atom. The van der Waals surface area contributed by atoms with Gasteiger partial charge in [-0.2, -0.15) is 26.3 Å². The molecule has 3 aromatic carbocycles. The predicted octanol–water partition coefficient (Wildman–Crippen LogP) is 8.21. The number of alkyl halides is 6. The minimum absolute atomic E-state index is 0.0783. The van der Waals surface area contributed by atoms with Crippen LogP contribution in [0.15, 0.2) is 54.6 Å². The molecule has 0 heterocycles. The highest BCUT2D eigenvalue weighted by Crippen LogP contribution is 2.43. The molecule has 0 bridgehead atoms. The van der Waals surface area contributed by atoms with Crippen LogP contribution >= 0.6 is 42.6 Å². The van der Waals surface area contributed by atoms with Crippen molar-refractivity contribution in [1.29, 1.82) is 0 Å². The van der Waals surface area contributed by atoms with Crippen molar-refractivity contribution >= 4 is 59.2 Å². The first-order valence-corrected chi connectivity index (χ1v) is 11.6. The first-order chi connectivity index (χ1) is 16.1. The van der Waals surface area contributed by atoms with Crippen LogP contribution in [0.3, 0.4) is 0 Å². The molecule has 0 aliphatic heterocycles. The Kier molecular flexibility index (Phi) is 7.67. The van der Waals surface area contributed by atoms with Gasteiger partial charge in [0.15, 0.2) is 0 Å². The second kappa shape index (κ2) is 9.90. The minimum atomic E-state index is -5.36. The van der Waals surface area contributed by atoms with E-state index in [1.807, 2.05) is 0 Å². The number of rotatable bonds is 5. The summed E-state index contributed by atoms with van der Waals surface area (Å²) in [5.74, 6) is -0.969. The van der Waals surface area contributed by atoms with Gasteiger partial charge < -0.3 is 0 Å². The van der Waals surface area contributed by atoms with Crippen LogP contribution in [0.25, 0.3) is 0 Å². The molecular formula is C22H9Cl3F6O3P+. The molecule has 3 nitrogen and oxygen atoms in total. The molecule has 0 fully saturated rings. The Bertz CT molecular complexity index is 1310. The molecule has 0 aliphatic carbocycles. The SMILES string of the molecule is O=C(c1ccccc1[P+](=O)C(=O)c1c(C(F)(F)F)cccc1C(F)(F)F)c1c(Cl)cc(Cl)cc1Cl. The summed E-state index contributed by atoms with van der Waals surface area (Å²) in [5.41, 5.74) is -8.34. The van der Waals surface area contributed by atoms with Crippen molar-refractivity contribution < 1.29 is 40.5 Å². The molecule has 0 aliphatic rings. The van der Waals surface area contributed by atoms with Crippen LogP contribution in [-0.2, 0) is 16.9 Å². The van der Waals surface area contributed by atoms with E-state index in [9.17, 15) is 40.5 Å². The van der Waals surface area contributed by atoms with E-state index in [1.54, 1.807) is 0 Å². The van der Waals surface area contributed by atoms with E-state index in [0.29, 0.717) is 6.07 Å². The number of ketones is 1. The molecule has 0 radical (unpaired) electrons. The molecule has 0 amide bonds. The Morgan fingerprint density at radius 3 is 1.69 bits per heavy atom. The van der Waals surface area contributed by atoms with Gasteiger partial charge in [-0.1, -0.05) is 57.6 Å². The lowest BCUT2D eigenvalue weighted by Gasteiger charge is -2.15. The van der Waals surface area contributed by atoms with Crippen molar-refractivity contribution in [3.8, 4) is 0 Å². The van der Waals surface area contributed by atoms with Gasteiger partial charge in [0.25, 0.3) is 0 Å². The van der Waals surface area contributed by atoms with Crippen molar-refractivity contribution in [3.05, 3.63) is 97.5 Å². The fourth-order valence-electron chi connectivity index (χ4n) is 3.20. The van der Waals surface area contributed by atoms with Gasteiger partial charge >= 0.3 is 25.7 Å². The van der Waals surface area contributed by atoms with Crippen molar-refractivity contribution in [2.45, 2.75) is 12.4 Å². The summed E-state index contributed by atoms with van der Waals surface area (Å²) in [6.07, 6.45) is -10.7. The van der Waals surface area contributed by atoms with Gasteiger partial charge in [-0.25, -0.2) is 4.79 Å². The molecule has 0 saturated heterocycles. The molecule has 3 rings (SSSR count). The lowest BCUT2D eigenvalue weighted by molar-refractivity contribution is -0.143. The first kappa shape index (κ1) is 27.1. The molecule has 0 spiro atoms. The van der Waals surface area contributed by atoms with Crippen LogP contribution in [0.1, 0.15) is 37.4 Å². The quantitative estimate of drug-likeness (QED) is 0.176. The second-order valence-electron chi connectivity index (χ2n) is 6.91. The third kappa shape index (κ3) is 5.54. The molecule has 0 aromatic heterocycles. The summed E-state index contributed by atoms with van der Waals surface area (Å²) >= 11 is 17.9. The monoisotopic (exact) mass is 571 g/mol. The lowest BCUT2D eigenvalue weighted by Crippen LogP contribution is -2.21. The first-order valence-electron chi connectivity index (χ1n) is 9.21. The van der Waals surface area contributed by atoms with E-state index in [1.165, 1.54) is 24.3 Å². The third-order valence-corrected chi connectivity index (χ3v) is 6.91. The average Bonchev–Trinajstić information content (AvgIpc) is 2.75. The fraction of sp³-hybridized carbons (Fsp3) is 0.0909. The summed E-state index contributed by atoms with van der Waals surface area (Å²) < 4.78 is 94.0. The van der Waals surface area contributed by atoms with Crippen LogP contribution in [0.2, 0.25) is 15.1 Å². The predicted molar refractivity (Wildman–Crippen MR) is 119 cm³/mol. The van der Waals surface area contributed by atoms with E-state index in [2.05, 4.69) is 0 Å². The number of halogens is 9. The average molecular weight is 573 g/mol. The number of hydrogen-bond donors (Lipinski definition) is 0. The number of carbonyl (C=O) groups excluding carboxylic acids is 2. The Labute approximate surface area is 209 Å². The third-order valence-electron chi connectivity index (χ3n) is 4.67. The van der Waals surface area contributed by atoms with Gasteiger partial charge in [-0.15, -0.1) is 0 Å². The van der Waals surface area contributed by atoms with E-state index in [-0.39, 0.29) is 32.8 Å². The fourth-order valence-corrected chi connectivity index (χ4v) is 5.47. The maximum atomic E-state index is 13.5. The summed E-state index contributed by atoms with van der Waals surface area (Å²) in [5, 5.41) is -0.949. The van der Waals surface area contributed by atoms with Gasteiger partial charge in [0.1, 0.15) is 0 Å². The van der Waals surface area contributed by atoms with Crippen LogP contribution < -0.4 is 5.30 Å². The van der Waals surface area contributed by atoms with E-state index in [0.717, 1.165) is 12.1 Å². The van der Waals surface area contributed by atoms with Crippen molar-refractivity contribution in [3.63, 3.8) is 0 Å². The van der Waals surface area contributed by atoms with Gasteiger partial charge in [0.05, 0.1) is 37.9 Å². The molecule has 3 aromatic rings. The number of carbonyl (C=O) groups is 2. The Hall–Kier alpha value is -2.45. The normalized spacial score (nSPS) is 12.4. The highest BCUT2D eigenvalue weighted by molar-refractivity contribution is 7.71. The maximum absolute atomic E-state index is 13.5. The van der Waals surface area contributed by atoms with Gasteiger partial charge in [0.2, 0.25) is 11.1 Å². The highest BCUT2D eigenvalue weighted by Gasteiger charge is 2.49. The van der Waals surface area contributed by atoms with Gasteiger partial charge in [0, 0.05) is 5.02 Å². The zero-order valence-electron chi connectivity index (χ0n) is 16.8. The molecule has 0 saturated carbocycles. The molecule has 1 unspecified atom stereocenters. The minimum Gasteiger partial charge on any atom is -0.288 e. The van der Waals surface area contributed by atoms with E-state index in [4.69, 9.17) is 34.8 Å². The summed E-state index contributed by atoms with van der Waals surface area (Å²) in [6.45, 7) is 0. The molecule has 13 heteroatoms. The van der Waals surface area contributed by atoms with Crippen molar-refractivity contribution in [1.82, 2.24) is 0 Å². The molecule has 1 atom stereocenters. The molecule has 182 valence electrons. The second-order valence-corrected chi connectivity index (χ2v) is 9.64. The standard InChI is InChI=1S/C22H9Cl3F6O3P/c23-10-8-14(24)18(15(25)9-10)19(32)11-4-1-2-7-16(11)35(34)20(33)17-12(21(26,27)28)5-3-6-13(17)22(29,30)31/h1-9H/q+1. The summed E-state index contributed by atoms with van der Waals surface area (Å²) in [4.78, 5) is 26.0. The number of hydrogen-bond acceptors (Lipinski definition) is 3. The van der Waals surface area contributed by atoms with Gasteiger partial charge in [-0.3, -0.25) is 4.79 Å².